The third kappa shape index (κ3) is 6.00. The first kappa shape index (κ1) is 26.2. The molecule has 1 fully saturated rings. The highest BCUT2D eigenvalue weighted by atomic mass is 16.5. The number of hydrogen-bond acceptors (Lipinski definition) is 6. The molecule has 4 N–H and O–H groups in total. The minimum Gasteiger partial charge on any atom is -0.496 e. The predicted molar refractivity (Wildman–Crippen MR) is 130 cm³/mol. The fourth-order valence-corrected chi connectivity index (χ4v) is 4.44. The van der Waals surface area contributed by atoms with Crippen molar-refractivity contribution < 1.29 is 29.0 Å². The first-order valence-electron chi connectivity index (χ1n) is 11.8. The number of carbonyl (C=O) groups excluding carboxylic acids is 4. The molecule has 0 aliphatic carbocycles. The van der Waals surface area contributed by atoms with Crippen LogP contribution in [0.15, 0.2) is 24.3 Å². The van der Waals surface area contributed by atoms with E-state index in [9.17, 15) is 24.3 Å². The molecule has 2 aromatic rings. The lowest BCUT2D eigenvalue weighted by molar-refractivity contribution is -0.133. The Labute approximate surface area is 204 Å². The number of aliphatic hydroxyl groups excluding tert-OH is 1. The number of aliphatic hydroxyl groups is 1. The molecule has 1 aliphatic rings. The number of amides is 3. The van der Waals surface area contributed by atoms with Crippen LogP contribution in [0.4, 0.5) is 0 Å². The van der Waals surface area contributed by atoms with Gasteiger partial charge in [0, 0.05) is 30.4 Å². The lowest BCUT2D eigenvalue weighted by atomic mass is 9.95. The van der Waals surface area contributed by atoms with Crippen molar-refractivity contribution in [2.24, 2.45) is 11.8 Å². The molecule has 2 heterocycles. The number of carbonyl (C=O) groups is 4. The molecule has 1 aliphatic heterocycles. The Balaban J connectivity index is 1.82. The van der Waals surface area contributed by atoms with Gasteiger partial charge in [-0.25, -0.2) is 0 Å². The molecule has 10 nitrogen and oxygen atoms in total. The van der Waals surface area contributed by atoms with Crippen LogP contribution >= 0.6 is 0 Å². The Morgan fingerprint density at radius 3 is 2.63 bits per heavy atom. The van der Waals surface area contributed by atoms with Crippen LogP contribution in [-0.2, 0) is 14.4 Å². The first-order chi connectivity index (χ1) is 16.7. The Bertz CT molecular complexity index is 1090. The number of hydrogen-bond donors (Lipinski definition) is 4. The number of fused-ring (bicyclic) bond motifs is 1. The molecule has 0 bridgehead atoms. The number of benzene rings is 1. The van der Waals surface area contributed by atoms with E-state index in [2.05, 4.69) is 15.6 Å². The average molecular weight is 487 g/mol. The van der Waals surface area contributed by atoms with E-state index in [4.69, 9.17) is 4.74 Å². The van der Waals surface area contributed by atoms with Crippen LogP contribution in [0, 0.1) is 11.8 Å². The molecular formula is C25H34N4O6. The first-order valence-corrected chi connectivity index (χ1v) is 11.8. The molecule has 0 radical (unpaired) electrons. The Morgan fingerprint density at radius 1 is 1.29 bits per heavy atom. The molecular weight excluding hydrogens is 452 g/mol. The lowest BCUT2D eigenvalue weighted by Gasteiger charge is -2.30. The monoisotopic (exact) mass is 486 g/mol. The second-order valence-electron chi connectivity index (χ2n) is 9.36. The molecule has 10 heteroatoms. The third-order valence-corrected chi connectivity index (χ3v) is 6.40. The van der Waals surface area contributed by atoms with Gasteiger partial charge in [-0.3, -0.25) is 19.2 Å². The third-order valence-electron chi connectivity index (χ3n) is 6.40. The molecule has 1 aromatic carbocycles. The number of rotatable bonds is 11. The molecule has 0 spiro atoms. The highest BCUT2D eigenvalue weighted by Gasteiger charge is 2.35. The van der Waals surface area contributed by atoms with Gasteiger partial charge in [0.2, 0.25) is 11.8 Å². The van der Waals surface area contributed by atoms with Gasteiger partial charge in [0.05, 0.1) is 13.2 Å². The summed E-state index contributed by atoms with van der Waals surface area (Å²) in [6.45, 7) is 3.64. The molecule has 190 valence electrons. The SMILES string of the molecule is COc1cccc2[nH]c(C(=O)N(C)C(CC(C)C)C(=O)NC(CC3CCNC3=O)C(=O)CO)cc12. The van der Waals surface area contributed by atoms with Crippen LogP contribution in [0.5, 0.6) is 5.75 Å². The summed E-state index contributed by atoms with van der Waals surface area (Å²) in [5, 5.41) is 15.6. The fourth-order valence-electron chi connectivity index (χ4n) is 4.44. The number of methoxy groups -OCH3 is 1. The molecule has 1 saturated heterocycles. The molecule has 3 rings (SSSR count). The van der Waals surface area contributed by atoms with Gasteiger partial charge in [0.1, 0.15) is 24.1 Å². The molecule has 3 amide bonds. The minimum absolute atomic E-state index is 0.0800. The van der Waals surface area contributed by atoms with E-state index >= 15 is 0 Å². The van der Waals surface area contributed by atoms with Gasteiger partial charge < -0.3 is 30.4 Å². The van der Waals surface area contributed by atoms with Gasteiger partial charge in [0.15, 0.2) is 5.78 Å². The molecule has 3 unspecified atom stereocenters. The van der Waals surface area contributed by atoms with Gasteiger partial charge in [-0.15, -0.1) is 0 Å². The van der Waals surface area contributed by atoms with Gasteiger partial charge in [0.25, 0.3) is 5.91 Å². The number of nitrogens with zero attached hydrogens (tertiary/aromatic N) is 1. The van der Waals surface area contributed by atoms with Gasteiger partial charge >= 0.3 is 0 Å². The van der Waals surface area contributed by atoms with Crippen molar-refractivity contribution in [3.05, 3.63) is 30.0 Å². The van der Waals surface area contributed by atoms with Gasteiger partial charge in [-0.05, 0) is 43.4 Å². The van der Waals surface area contributed by atoms with Crippen LogP contribution in [0.25, 0.3) is 10.9 Å². The van der Waals surface area contributed by atoms with Crippen LogP contribution in [-0.4, -0.2) is 77.9 Å². The van der Waals surface area contributed by atoms with E-state index in [1.165, 1.54) is 4.90 Å². The summed E-state index contributed by atoms with van der Waals surface area (Å²) in [7, 11) is 3.10. The van der Waals surface area contributed by atoms with Crippen molar-refractivity contribution in [2.75, 3.05) is 27.3 Å². The zero-order valence-electron chi connectivity index (χ0n) is 20.6. The highest BCUT2D eigenvalue weighted by Crippen LogP contribution is 2.27. The lowest BCUT2D eigenvalue weighted by Crippen LogP contribution is -2.53. The van der Waals surface area contributed by atoms with Gasteiger partial charge in [-0.2, -0.15) is 0 Å². The molecule has 0 saturated carbocycles. The maximum atomic E-state index is 13.4. The smallest absolute Gasteiger partial charge is 0.270 e. The quantitative estimate of drug-likeness (QED) is 0.377. The van der Waals surface area contributed by atoms with E-state index in [-0.39, 0.29) is 24.2 Å². The summed E-state index contributed by atoms with van der Waals surface area (Å²) in [5.74, 6) is -1.35. The summed E-state index contributed by atoms with van der Waals surface area (Å²) < 4.78 is 5.37. The predicted octanol–water partition coefficient (Wildman–Crippen LogP) is 1.24. The summed E-state index contributed by atoms with van der Waals surface area (Å²) in [4.78, 5) is 55.5. The highest BCUT2D eigenvalue weighted by molar-refractivity contribution is 6.02. The number of ketones is 1. The summed E-state index contributed by atoms with van der Waals surface area (Å²) in [6.07, 6.45) is 1.02. The maximum Gasteiger partial charge on any atom is 0.270 e. The number of likely N-dealkylation sites (N-methyl/N-ethyl adjacent to an activating group) is 1. The average Bonchev–Trinajstić information content (AvgIpc) is 3.46. The number of H-pyrrole nitrogens is 1. The van der Waals surface area contributed by atoms with Gasteiger partial charge in [-0.1, -0.05) is 19.9 Å². The van der Waals surface area contributed by atoms with Crippen LogP contribution in [0.2, 0.25) is 0 Å². The van der Waals surface area contributed by atoms with Crippen LogP contribution in [0.1, 0.15) is 43.6 Å². The van der Waals surface area contributed by atoms with E-state index in [0.29, 0.717) is 30.8 Å². The zero-order valence-corrected chi connectivity index (χ0v) is 20.6. The standard InChI is InChI=1S/C25H34N4O6/c1-14(2)10-20(24(33)28-18(21(31)13-30)11-15-8-9-26-23(15)32)29(3)25(34)19-12-16-17(27-19)6-5-7-22(16)35-4/h5-7,12,14-15,18,20,27,30H,8-11,13H2,1-4H3,(H,26,32)(H,28,33). The number of ether oxygens (including phenoxy) is 1. The number of aromatic nitrogens is 1. The van der Waals surface area contributed by atoms with Crippen molar-refractivity contribution in [3.63, 3.8) is 0 Å². The summed E-state index contributed by atoms with van der Waals surface area (Å²) >= 11 is 0. The Morgan fingerprint density at radius 2 is 2.03 bits per heavy atom. The molecule has 35 heavy (non-hydrogen) atoms. The second-order valence-corrected chi connectivity index (χ2v) is 9.36. The number of Topliss-reactive ketones (excluding diaryl/α,β-unsaturated/α-hetero) is 1. The Kier molecular flexibility index (Phi) is 8.50. The second kappa shape index (κ2) is 11.4. The van der Waals surface area contributed by atoms with E-state index < -0.39 is 36.3 Å². The molecule has 3 atom stereocenters. The minimum atomic E-state index is -1.02. The maximum absolute atomic E-state index is 13.4. The van der Waals surface area contributed by atoms with Crippen LogP contribution in [0.3, 0.4) is 0 Å². The summed E-state index contributed by atoms with van der Waals surface area (Å²) in [6, 6.07) is 5.25. The van der Waals surface area contributed by atoms with Crippen molar-refractivity contribution in [2.45, 2.75) is 45.2 Å². The van der Waals surface area contributed by atoms with E-state index in [1.54, 1.807) is 26.3 Å². The van der Waals surface area contributed by atoms with Crippen molar-refractivity contribution in [1.82, 2.24) is 20.5 Å². The van der Waals surface area contributed by atoms with E-state index in [1.807, 2.05) is 26.0 Å². The largest absolute Gasteiger partial charge is 0.496 e. The zero-order chi connectivity index (χ0) is 25.7. The molecule has 1 aromatic heterocycles. The topological polar surface area (TPSA) is 141 Å². The van der Waals surface area contributed by atoms with Crippen molar-refractivity contribution in [3.8, 4) is 5.75 Å². The summed E-state index contributed by atoms with van der Waals surface area (Å²) in [5.41, 5.74) is 1.04. The fraction of sp³-hybridized carbons (Fsp3) is 0.520. The van der Waals surface area contributed by atoms with Crippen LogP contribution < -0.4 is 15.4 Å². The number of aromatic amines is 1. The number of nitrogens with one attached hydrogen (secondary N) is 3. The van der Waals surface area contributed by atoms with Crippen molar-refractivity contribution >= 4 is 34.4 Å². The Hall–Kier alpha value is -3.40. The normalized spacial score (nSPS) is 17.2. The van der Waals surface area contributed by atoms with E-state index in [0.717, 1.165) is 10.9 Å². The van der Waals surface area contributed by atoms with Crippen molar-refractivity contribution in [1.29, 1.82) is 0 Å².